The summed E-state index contributed by atoms with van der Waals surface area (Å²) in [5.74, 6) is 0.00940. The Morgan fingerprint density at radius 2 is 1.52 bits per heavy atom. The quantitative estimate of drug-likeness (QED) is 0.435. The van der Waals surface area contributed by atoms with Gasteiger partial charge >= 0.3 is 0 Å². The molecule has 0 aliphatic heterocycles. The molecule has 4 aromatic rings. The maximum atomic E-state index is 13.2. The van der Waals surface area contributed by atoms with Crippen LogP contribution in [0.5, 0.6) is 0 Å². The Balaban J connectivity index is 1.85. The maximum absolute atomic E-state index is 13.2. The van der Waals surface area contributed by atoms with Crippen molar-refractivity contribution in [2.24, 2.45) is 7.05 Å². The highest BCUT2D eigenvalue weighted by atomic mass is 16.2. The normalized spacial score (nSPS) is 11.1. The third-order valence-corrected chi connectivity index (χ3v) is 6.03. The molecule has 0 saturated carbocycles. The molecule has 0 aliphatic carbocycles. The summed E-state index contributed by atoms with van der Waals surface area (Å²) in [4.78, 5) is 30.1. The smallest absolute Gasteiger partial charge is 0.255 e. The zero-order valence-electron chi connectivity index (χ0n) is 18.4. The molecular formula is C26H27N3O2. The molecule has 0 saturated heterocycles. The molecular weight excluding hydrogens is 386 g/mol. The molecule has 1 amide bonds. The van der Waals surface area contributed by atoms with E-state index in [1.54, 1.807) is 0 Å². The third-order valence-electron chi connectivity index (χ3n) is 6.03. The van der Waals surface area contributed by atoms with E-state index in [2.05, 4.69) is 0 Å². The number of aromatic nitrogens is 1. The van der Waals surface area contributed by atoms with Gasteiger partial charge in [0.1, 0.15) is 0 Å². The lowest BCUT2D eigenvalue weighted by Crippen LogP contribution is -2.31. The minimum absolute atomic E-state index is 0.00940. The van der Waals surface area contributed by atoms with Crippen molar-refractivity contribution in [2.45, 2.75) is 13.8 Å². The molecule has 0 N–H and O–H groups in total. The van der Waals surface area contributed by atoms with E-state index in [9.17, 15) is 9.59 Å². The summed E-state index contributed by atoms with van der Waals surface area (Å²) in [6, 6.07) is 21.2. The molecule has 158 valence electrons. The third kappa shape index (κ3) is 3.46. The monoisotopic (exact) mass is 413 g/mol. The number of anilines is 2. The topological polar surface area (TPSA) is 45.6 Å². The van der Waals surface area contributed by atoms with Crippen LogP contribution in [0.4, 0.5) is 11.4 Å². The van der Waals surface area contributed by atoms with E-state index in [1.165, 1.54) is 0 Å². The molecule has 0 atom stereocenters. The van der Waals surface area contributed by atoms with Crippen LogP contribution in [0.15, 0.2) is 71.5 Å². The summed E-state index contributed by atoms with van der Waals surface area (Å²) in [7, 11) is 3.91. The van der Waals surface area contributed by atoms with E-state index in [-0.39, 0.29) is 11.3 Å². The fourth-order valence-electron chi connectivity index (χ4n) is 4.21. The fourth-order valence-corrected chi connectivity index (χ4v) is 4.21. The van der Waals surface area contributed by atoms with Crippen molar-refractivity contribution in [1.29, 1.82) is 0 Å². The predicted molar refractivity (Wildman–Crippen MR) is 128 cm³/mol. The lowest BCUT2D eigenvalue weighted by Gasteiger charge is -2.26. The first-order valence-corrected chi connectivity index (χ1v) is 10.6. The van der Waals surface area contributed by atoms with Gasteiger partial charge in [-0.15, -0.1) is 0 Å². The van der Waals surface area contributed by atoms with E-state index >= 15 is 0 Å². The van der Waals surface area contributed by atoms with Crippen molar-refractivity contribution in [2.75, 3.05) is 25.0 Å². The van der Waals surface area contributed by atoms with Gasteiger partial charge in [0.25, 0.3) is 5.91 Å². The lowest BCUT2D eigenvalue weighted by atomic mass is 10.1. The first-order chi connectivity index (χ1) is 15.0. The Labute approximate surface area is 182 Å². The minimum atomic E-state index is 0.00940. The second kappa shape index (κ2) is 8.26. The van der Waals surface area contributed by atoms with Crippen LogP contribution < -0.4 is 10.3 Å². The number of fused-ring (bicyclic) bond motifs is 2. The molecule has 3 aromatic carbocycles. The molecule has 0 bridgehead atoms. The number of carbonyl (C=O) groups is 1. The standard InChI is InChI=1S/C26H27N3O2/c1-5-29(6-2)26(31)20-12-8-10-14-23(20)27(3)18-15-16-24-21(17-18)25(30)19-11-7-9-13-22(19)28(24)4/h7-17H,5-6H2,1-4H3. The van der Waals surface area contributed by atoms with Gasteiger partial charge in [0.2, 0.25) is 0 Å². The number of nitrogens with zero attached hydrogens (tertiary/aromatic N) is 3. The highest BCUT2D eigenvalue weighted by molar-refractivity contribution is 6.01. The molecule has 4 rings (SSSR count). The number of para-hydroxylation sites is 2. The Bertz CT molecular complexity index is 1340. The van der Waals surface area contributed by atoms with Crippen LogP contribution in [-0.2, 0) is 7.05 Å². The second-order valence-corrected chi connectivity index (χ2v) is 7.66. The van der Waals surface area contributed by atoms with Gasteiger partial charge in [-0.1, -0.05) is 24.3 Å². The van der Waals surface area contributed by atoms with E-state index in [1.807, 2.05) is 109 Å². The number of amides is 1. The van der Waals surface area contributed by atoms with Gasteiger partial charge in [0.05, 0.1) is 22.3 Å². The molecule has 0 spiro atoms. The van der Waals surface area contributed by atoms with Crippen LogP contribution in [0.25, 0.3) is 21.8 Å². The summed E-state index contributed by atoms with van der Waals surface area (Å²) < 4.78 is 2.05. The number of hydrogen-bond donors (Lipinski definition) is 0. The number of hydrogen-bond acceptors (Lipinski definition) is 3. The summed E-state index contributed by atoms with van der Waals surface area (Å²) in [6.07, 6.45) is 0. The van der Waals surface area contributed by atoms with Gasteiger partial charge in [-0.2, -0.15) is 0 Å². The molecule has 0 fully saturated rings. The first kappa shape index (κ1) is 20.7. The molecule has 5 heteroatoms. The van der Waals surface area contributed by atoms with Crippen LogP contribution in [0.3, 0.4) is 0 Å². The average Bonchev–Trinajstić information content (AvgIpc) is 2.82. The van der Waals surface area contributed by atoms with Crippen LogP contribution in [0.2, 0.25) is 0 Å². The van der Waals surface area contributed by atoms with Crippen molar-refractivity contribution < 1.29 is 4.79 Å². The lowest BCUT2D eigenvalue weighted by molar-refractivity contribution is 0.0773. The number of pyridine rings is 1. The van der Waals surface area contributed by atoms with Gasteiger partial charge in [-0.05, 0) is 56.3 Å². The van der Waals surface area contributed by atoms with E-state index in [4.69, 9.17) is 0 Å². The molecule has 0 aliphatic rings. The summed E-state index contributed by atoms with van der Waals surface area (Å²) in [5.41, 5.74) is 4.15. The zero-order chi connectivity index (χ0) is 22.1. The Morgan fingerprint density at radius 3 is 2.26 bits per heavy atom. The highest BCUT2D eigenvalue weighted by Gasteiger charge is 2.19. The predicted octanol–water partition coefficient (Wildman–Crippen LogP) is 4.94. The molecule has 1 heterocycles. The molecule has 0 unspecified atom stereocenters. The van der Waals surface area contributed by atoms with Gasteiger partial charge in [-0.25, -0.2) is 0 Å². The van der Waals surface area contributed by atoms with Crippen molar-refractivity contribution in [3.8, 4) is 0 Å². The largest absolute Gasteiger partial charge is 0.344 e. The number of carbonyl (C=O) groups excluding carboxylic acids is 1. The van der Waals surface area contributed by atoms with Gasteiger partial charge in [0, 0.05) is 43.6 Å². The fraction of sp³-hybridized carbons (Fsp3) is 0.231. The molecule has 1 aromatic heterocycles. The Kier molecular flexibility index (Phi) is 5.51. The van der Waals surface area contributed by atoms with Crippen molar-refractivity contribution >= 4 is 39.1 Å². The van der Waals surface area contributed by atoms with Crippen molar-refractivity contribution in [1.82, 2.24) is 9.47 Å². The Morgan fingerprint density at radius 1 is 0.871 bits per heavy atom. The summed E-state index contributed by atoms with van der Waals surface area (Å²) >= 11 is 0. The Hall–Kier alpha value is -3.60. The summed E-state index contributed by atoms with van der Waals surface area (Å²) in [5, 5.41) is 1.37. The minimum Gasteiger partial charge on any atom is -0.344 e. The van der Waals surface area contributed by atoms with Gasteiger partial charge in [0.15, 0.2) is 5.43 Å². The van der Waals surface area contributed by atoms with Gasteiger partial charge in [-0.3, -0.25) is 9.59 Å². The van der Waals surface area contributed by atoms with Crippen molar-refractivity contribution in [3.63, 3.8) is 0 Å². The molecule has 31 heavy (non-hydrogen) atoms. The maximum Gasteiger partial charge on any atom is 0.255 e. The van der Waals surface area contributed by atoms with E-state index < -0.39 is 0 Å². The number of aryl methyl sites for hydroxylation is 1. The SMILES string of the molecule is CCN(CC)C(=O)c1ccccc1N(C)c1ccc2c(c1)c(=O)c1ccccc1n2C. The zero-order valence-corrected chi connectivity index (χ0v) is 18.4. The highest BCUT2D eigenvalue weighted by Crippen LogP contribution is 2.30. The van der Waals surface area contributed by atoms with Crippen molar-refractivity contribution in [3.05, 3.63) is 82.5 Å². The van der Waals surface area contributed by atoms with Crippen LogP contribution >= 0.6 is 0 Å². The van der Waals surface area contributed by atoms with E-state index in [0.29, 0.717) is 29.4 Å². The molecule has 0 radical (unpaired) electrons. The van der Waals surface area contributed by atoms with E-state index in [0.717, 1.165) is 22.4 Å². The molecule has 5 nitrogen and oxygen atoms in total. The first-order valence-electron chi connectivity index (χ1n) is 10.6. The second-order valence-electron chi connectivity index (χ2n) is 7.66. The number of rotatable bonds is 5. The van der Waals surface area contributed by atoms with Gasteiger partial charge < -0.3 is 14.4 Å². The van der Waals surface area contributed by atoms with Crippen LogP contribution in [-0.4, -0.2) is 35.5 Å². The van der Waals surface area contributed by atoms with Crippen LogP contribution in [0, 0.1) is 0 Å². The summed E-state index contributed by atoms with van der Waals surface area (Å²) in [6.45, 7) is 5.28. The number of benzene rings is 3. The van der Waals surface area contributed by atoms with Crippen LogP contribution in [0.1, 0.15) is 24.2 Å². The average molecular weight is 414 g/mol.